The van der Waals surface area contributed by atoms with Crippen LogP contribution in [0.3, 0.4) is 0 Å². The van der Waals surface area contributed by atoms with Crippen molar-refractivity contribution >= 4 is 15.9 Å². The zero-order valence-electron chi connectivity index (χ0n) is 12.8. The van der Waals surface area contributed by atoms with Gasteiger partial charge in [-0.2, -0.15) is 0 Å². The van der Waals surface area contributed by atoms with E-state index in [9.17, 15) is 13.2 Å². The Morgan fingerprint density at radius 2 is 1.95 bits per heavy atom. The summed E-state index contributed by atoms with van der Waals surface area (Å²) >= 11 is 0. The summed E-state index contributed by atoms with van der Waals surface area (Å²) in [6.07, 6.45) is 8.45. The number of carbonyl (C=O) groups is 1. The number of sulfonamides is 1. The lowest BCUT2D eigenvalue weighted by Crippen LogP contribution is -2.57. The molecule has 1 aliphatic carbocycles. The first kappa shape index (κ1) is 16.7. The Bertz CT molecular complexity index is 472. The third-order valence-corrected chi connectivity index (χ3v) is 5.38. The number of likely N-dealkylation sites (tertiary alicyclic amines) is 1. The van der Waals surface area contributed by atoms with Crippen LogP contribution in [0.15, 0.2) is 0 Å². The minimum absolute atomic E-state index is 0.0732. The van der Waals surface area contributed by atoms with Crippen molar-refractivity contribution in [2.24, 2.45) is 5.73 Å². The van der Waals surface area contributed by atoms with Crippen LogP contribution in [0.5, 0.6) is 0 Å². The lowest BCUT2D eigenvalue weighted by atomic mass is 9.92. The molecule has 3 N–H and O–H groups in total. The fourth-order valence-corrected chi connectivity index (χ4v) is 3.97. The molecule has 21 heavy (non-hydrogen) atoms. The van der Waals surface area contributed by atoms with Gasteiger partial charge in [0.15, 0.2) is 0 Å². The van der Waals surface area contributed by atoms with Crippen LogP contribution >= 0.6 is 0 Å². The summed E-state index contributed by atoms with van der Waals surface area (Å²) in [6.45, 7) is 1.13. The highest BCUT2D eigenvalue weighted by Crippen LogP contribution is 2.31. The van der Waals surface area contributed by atoms with E-state index in [1.165, 1.54) is 0 Å². The van der Waals surface area contributed by atoms with Crippen molar-refractivity contribution in [3.05, 3.63) is 0 Å². The molecule has 2 aliphatic rings. The maximum absolute atomic E-state index is 12.8. The largest absolute Gasteiger partial charge is 0.338 e. The van der Waals surface area contributed by atoms with Crippen LogP contribution in [0.2, 0.25) is 0 Å². The Morgan fingerprint density at radius 1 is 1.29 bits per heavy atom. The Balaban J connectivity index is 1.96. The summed E-state index contributed by atoms with van der Waals surface area (Å²) < 4.78 is 24.8. The molecule has 2 fully saturated rings. The van der Waals surface area contributed by atoms with Gasteiger partial charge in [-0.25, -0.2) is 13.1 Å². The highest BCUT2D eigenvalue weighted by molar-refractivity contribution is 7.88. The molecule has 0 spiro atoms. The number of nitrogens with one attached hydrogen (secondary N) is 1. The highest BCUT2D eigenvalue weighted by Gasteiger charge is 2.42. The van der Waals surface area contributed by atoms with E-state index in [0.29, 0.717) is 13.0 Å². The number of piperidine rings is 1. The molecule has 6 nitrogen and oxygen atoms in total. The SMILES string of the molecule is CS(=O)(=O)NCCC1CCCCN1C(=O)C1(N)CCCC1. The summed E-state index contributed by atoms with van der Waals surface area (Å²) in [6, 6.07) is 0.113. The van der Waals surface area contributed by atoms with Gasteiger partial charge in [-0.05, 0) is 38.5 Å². The van der Waals surface area contributed by atoms with Gasteiger partial charge in [0.2, 0.25) is 15.9 Å². The second kappa shape index (κ2) is 6.62. The van der Waals surface area contributed by atoms with Crippen LogP contribution in [-0.2, 0) is 14.8 Å². The van der Waals surface area contributed by atoms with Crippen molar-refractivity contribution in [3.8, 4) is 0 Å². The fourth-order valence-electron chi connectivity index (χ4n) is 3.48. The van der Waals surface area contributed by atoms with Crippen molar-refractivity contribution in [1.82, 2.24) is 9.62 Å². The number of hydrogen-bond acceptors (Lipinski definition) is 4. The number of rotatable bonds is 5. The summed E-state index contributed by atoms with van der Waals surface area (Å²) in [5.41, 5.74) is 5.61. The van der Waals surface area contributed by atoms with E-state index in [1.807, 2.05) is 4.90 Å². The lowest BCUT2D eigenvalue weighted by molar-refractivity contribution is -0.140. The molecule has 0 aromatic heterocycles. The molecule has 7 heteroatoms. The van der Waals surface area contributed by atoms with Crippen LogP contribution in [0, 0.1) is 0 Å². The van der Waals surface area contributed by atoms with E-state index in [-0.39, 0.29) is 11.9 Å². The molecule has 0 aromatic carbocycles. The van der Waals surface area contributed by atoms with Gasteiger partial charge in [0.1, 0.15) is 0 Å². The van der Waals surface area contributed by atoms with Crippen LogP contribution < -0.4 is 10.5 Å². The van der Waals surface area contributed by atoms with Gasteiger partial charge in [-0.3, -0.25) is 4.79 Å². The van der Waals surface area contributed by atoms with E-state index >= 15 is 0 Å². The molecule has 122 valence electrons. The maximum Gasteiger partial charge on any atom is 0.242 e. The first-order valence-corrected chi connectivity index (χ1v) is 9.76. The van der Waals surface area contributed by atoms with Gasteiger partial charge < -0.3 is 10.6 Å². The lowest BCUT2D eigenvalue weighted by Gasteiger charge is -2.40. The first-order chi connectivity index (χ1) is 9.82. The molecule has 2 rings (SSSR count). The quantitative estimate of drug-likeness (QED) is 0.776. The molecular weight excluding hydrogens is 290 g/mol. The van der Waals surface area contributed by atoms with Crippen LogP contribution in [0.25, 0.3) is 0 Å². The Morgan fingerprint density at radius 3 is 2.57 bits per heavy atom. The molecule has 1 atom stereocenters. The van der Waals surface area contributed by atoms with Crippen molar-refractivity contribution in [3.63, 3.8) is 0 Å². The second-order valence-corrected chi connectivity index (χ2v) is 8.30. The Kier molecular flexibility index (Phi) is 5.27. The minimum Gasteiger partial charge on any atom is -0.338 e. The van der Waals surface area contributed by atoms with E-state index < -0.39 is 15.6 Å². The van der Waals surface area contributed by atoms with Gasteiger partial charge in [0.05, 0.1) is 11.8 Å². The molecule has 1 heterocycles. The van der Waals surface area contributed by atoms with Crippen LogP contribution in [-0.4, -0.2) is 50.2 Å². The fraction of sp³-hybridized carbons (Fsp3) is 0.929. The monoisotopic (exact) mass is 317 g/mol. The van der Waals surface area contributed by atoms with E-state index in [1.54, 1.807) is 0 Å². The zero-order chi connectivity index (χ0) is 15.5. The topological polar surface area (TPSA) is 92.5 Å². The smallest absolute Gasteiger partial charge is 0.242 e. The number of nitrogens with two attached hydrogens (primary N) is 1. The van der Waals surface area contributed by atoms with Gasteiger partial charge in [0, 0.05) is 19.1 Å². The van der Waals surface area contributed by atoms with E-state index in [0.717, 1.165) is 57.7 Å². The van der Waals surface area contributed by atoms with Crippen LogP contribution in [0.4, 0.5) is 0 Å². The average Bonchev–Trinajstić information content (AvgIpc) is 2.85. The standard InChI is InChI=1S/C14H27N3O3S/c1-21(19,20)16-10-7-12-6-2-5-11-17(12)13(18)14(15)8-3-4-9-14/h12,16H,2-11,15H2,1H3. The maximum atomic E-state index is 12.8. The van der Waals surface area contributed by atoms with Crippen molar-refractivity contribution in [1.29, 1.82) is 0 Å². The van der Waals surface area contributed by atoms with Gasteiger partial charge in [-0.15, -0.1) is 0 Å². The molecule has 1 saturated heterocycles. The molecule has 1 saturated carbocycles. The second-order valence-electron chi connectivity index (χ2n) is 6.47. The van der Waals surface area contributed by atoms with E-state index in [4.69, 9.17) is 5.73 Å². The predicted molar refractivity (Wildman–Crippen MR) is 82.2 cm³/mol. The van der Waals surface area contributed by atoms with E-state index in [2.05, 4.69) is 4.72 Å². The number of hydrogen-bond donors (Lipinski definition) is 2. The summed E-state index contributed by atoms with van der Waals surface area (Å²) in [5.74, 6) is 0.0732. The number of carbonyl (C=O) groups excluding carboxylic acids is 1. The van der Waals surface area contributed by atoms with Gasteiger partial charge in [-0.1, -0.05) is 12.8 Å². The number of amides is 1. The number of nitrogens with zero attached hydrogens (tertiary/aromatic N) is 1. The molecule has 1 unspecified atom stereocenters. The predicted octanol–water partition coefficient (Wildman–Crippen LogP) is 0.578. The third-order valence-electron chi connectivity index (χ3n) is 4.65. The Hall–Kier alpha value is -0.660. The minimum atomic E-state index is -3.17. The van der Waals surface area contributed by atoms with Gasteiger partial charge in [0.25, 0.3) is 0 Å². The highest BCUT2D eigenvalue weighted by atomic mass is 32.2. The van der Waals surface area contributed by atoms with Crippen molar-refractivity contribution in [2.45, 2.75) is 62.9 Å². The summed E-state index contributed by atoms with van der Waals surface area (Å²) in [5, 5.41) is 0. The summed E-state index contributed by atoms with van der Waals surface area (Å²) in [7, 11) is -3.17. The first-order valence-electron chi connectivity index (χ1n) is 7.86. The van der Waals surface area contributed by atoms with Crippen LogP contribution in [0.1, 0.15) is 51.4 Å². The normalized spacial score (nSPS) is 26.0. The third kappa shape index (κ3) is 4.40. The van der Waals surface area contributed by atoms with Crippen molar-refractivity contribution < 1.29 is 13.2 Å². The molecule has 0 bridgehead atoms. The molecule has 0 radical (unpaired) electrons. The average molecular weight is 317 g/mol. The molecule has 1 aliphatic heterocycles. The van der Waals surface area contributed by atoms with Gasteiger partial charge >= 0.3 is 0 Å². The molecule has 0 aromatic rings. The molecule has 1 amide bonds. The Labute approximate surface area is 127 Å². The zero-order valence-corrected chi connectivity index (χ0v) is 13.6. The summed E-state index contributed by atoms with van der Waals surface area (Å²) in [4.78, 5) is 14.7. The van der Waals surface area contributed by atoms with Crippen molar-refractivity contribution in [2.75, 3.05) is 19.3 Å². The molecular formula is C14H27N3O3S.